The topological polar surface area (TPSA) is 77.8 Å². The van der Waals surface area contributed by atoms with E-state index in [1.165, 1.54) is 17.0 Å². The molecule has 1 atom stereocenters. The van der Waals surface area contributed by atoms with Gasteiger partial charge < -0.3 is 15.1 Å². The van der Waals surface area contributed by atoms with Crippen LogP contribution in [0.4, 0.5) is 5.69 Å². The van der Waals surface area contributed by atoms with Gasteiger partial charge in [0.2, 0.25) is 0 Å². The van der Waals surface area contributed by atoms with Gasteiger partial charge in [-0.25, -0.2) is 0 Å². The summed E-state index contributed by atoms with van der Waals surface area (Å²) < 4.78 is 0.690. The van der Waals surface area contributed by atoms with E-state index in [1.54, 1.807) is 30.3 Å². The first-order valence-corrected chi connectivity index (χ1v) is 11.3. The van der Waals surface area contributed by atoms with Gasteiger partial charge in [0.1, 0.15) is 5.75 Å². The molecule has 1 unspecified atom stereocenters. The Labute approximate surface area is 199 Å². The molecule has 1 amide bonds. The third kappa shape index (κ3) is 3.71. The van der Waals surface area contributed by atoms with Crippen LogP contribution in [0.1, 0.15) is 27.9 Å². The van der Waals surface area contributed by atoms with E-state index in [1.807, 2.05) is 42.5 Å². The van der Waals surface area contributed by atoms with Gasteiger partial charge in [0.25, 0.3) is 5.91 Å². The van der Waals surface area contributed by atoms with Gasteiger partial charge in [0.05, 0.1) is 24.2 Å². The number of fused-ring (bicyclic) bond motifs is 2. The molecule has 33 heavy (non-hydrogen) atoms. The first kappa shape index (κ1) is 21.4. The maximum atomic E-state index is 13.6. The Bertz CT molecular complexity index is 1420. The number of nitrogens with zero attached hydrogens (tertiary/aromatic N) is 1. The number of phenolic OH excluding ortho intramolecular Hbond substituents is 1. The molecule has 0 saturated carbocycles. The molecule has 5 nitrogen and oxygen atoms in total. The minimum Gasteiger partial charge on any atom is -0.507 e. The van der Waals surface area contributed by atoms with Crippen molar-refractivity contribution in [3.8, 4) is 5.75 Å². The number of amides is 1. The molecule has 0 aromatic heterocycles. The number of phenols is 1. The molecule has 1 heterocycles. The molecule has 4 aromatic rings. The van der Waals surface area contributed by atoms with Gasteiger partial charge >= 0.3 is 0 Å². The Morgan fingerprint density at radius 3 is 2.42 bits per heavy atom. The zero-order chi connectivity index (χ0) is 23.2. The number of carbonyl (C=O) groups is 2. The molecule has 5 rings (SSSR count). The number of Topliss-reactive ketones (excluding diaryl/α,β-unsaturated/α-hetero) is 1. The van der Waals surface area contributed by atoms with E-state index in [4.69, 9.17) is 0 Å². The van der Waals surface area contributed by atoms with Crippen LogP contribution in [-0.2, 0) is 16.9 Å². The summed E-state index contributed by atoms with van der Waals surface area (Å²) in [6, 6.07) is 25.3. The fourth-order valence-electron chi connectivity index (χ4n) is 4.41. The van der Waals surface area contributed by atoms with Crippen molar-refractivity contribution in [1.29, 1.82) is 0 Å². The van der Waals surface area contributed by atoms with Gasteiger partial charge in [-0.3, -0.25) is 9.59 Å². The molecule has 6 heteroatoms. The highest BCUT2D eigenvalue weighted by Crippen LogP contribution is 2.45. The van der Waals surface area contributed by atoms with Crippen LogP contribution in [0.25, 0.3) is 10.8 Å². The lowest BCUT2D eigenvalue weighted by Crippen LogP contribution is -2.41. The summed E-state index contributed by atoms with van der Waals surface area (Å²) in [7, 11) is 0. The standard InChI is InChI=1S/C27H20BrNO4/c28-20-11-12-23-22(14-20)27(33,15-25(31)21-7-3-4-8-24(21)30)26(32)29(23)16-17-9-10-18-5-1-2-6-19(18)13-17/h1-14,30,33H,15-16H2. The summed E-state index contributed by atoms with van der Waals surface area (Å²) in [4.78, 5) is 28.1. The van der Waals surface area contributed by atoms with Gasteiger partial charge in [-0.15, -0.1) is 0 Å². The molecule has 1 aliphatic heterocycles. The van der Waals surface area contributed by atoms with Gasteiger partial charge in [-0.05, 0) is 52.7 Å². The fraction of sp³-hybridized carbons (Fsp3) is 0.111. The maximum Gasteiger partial charge on any atom is 0.264 e. The monoisotopic (exact) mass is 501 g/mol. The van der Waals surface area contributed by atoms with E-state index in [2.05, 4.69) is 15.9 Å². The third-order valence-electron chi connectivity index (χ3n) is 6.07. The molecule has 4 aromatic carbocycles. The van der Waals surface area contributed by atoms with E-state index < -0.39 is 23.7 Å². The lowest BCUT2D eigenvalue weighted by atomic mass is 9.88. The van der Waals surface area contributed by atoms with Crippen LogP contribution < -0.4 is 4.90 Å². The number of rotatable bonds is 5. The van der Waals surface area contributed by atoms with Crippen molar-refractivity contribution in [2.45, 2.75) is 18.6 Å². The number of aliphatic hydroxyl groups is 1. The predicted octanol–water partition coefficient (Wildman–Crippen LogP) is 5.32. The van der Waals surface area contributed by atoms with Gasteiger partial charge in [0, 0.05) is 10.0 Å². The number of ketones is 1. The summed E-state index contributed by atoms with van der Waals surface area (Å²) in [6.45, 7) is 0.255. The maximum absolute atomic E-state index is 13.6. The number of hydrogen-bond donors (Lipinski definition) is 2. The van der Waals surface area contributed by atoms with Crippen LogP contribution in [0.3, 0.4) is 0 Å². The normalized spacial score (nSPS) is 17.4. The number of aromatic hydroxyl groups is 1. The lowest BCUT2D eigenvalue weighted by molar-refractivity contribution is -0.136. The molecule has 0 saturated heterocycles. The second-order valence-electron chi connectivity index (χ2n) is 8.21. The smallest absolute Gasteiger partial charge is 0.264 e. The first-order valence-electron chi connectivity index (χ1n) is 10.5. The molecule has 2 N–H and O–H groups in total. The van der Waals surface area contributed by atoms with Crippen molar-refractivity contribution in [3.05, 3.63) is 106 Å². The van der Waals surface area contributed by atoms with Crippen molar-refractivity contribution < 1.29 is 19.8 Å². The molecular formula is C27H20BrNO4. The molecule has 0 radical (unpaired) electrons. The number of carbonyl (C=O) groups excluding carboxylic acids is 2. The largest absolute Gasteiger partial charge is 0.507 e. The molecule has 0 fully saturated rings. The van der Waals surface area contributed by atoms with Crippen LogP contribution in [0.5, 0.6) is 5.75 Å². The van der Waals surface area contributed by atoms with E-state index in [-0.39, 0.29) is 17.9 Å². The van der Waals surface area contributed by atoms with Crippen molar-refractivity contribution >= 4 is 44.1 Å². The molecule has 0 aliphatic carbocycles. The zero-order valence-corrected chi connectivity index (χ0v) is 19.1. The zero-order valence-electron chi connectivity index (χ0n) is 17.5. The first-order chi connectivity index (χ1) is 15.9. The molecular weight excluding hydrogens is 482 g/mol. The minimum atomic E-state index is -2.03. The third-order valence-corrected chi connectivity index (χ3v) is 6.56. The highest BCUT2D eigenvalue weighted by molar-refractivity contribution is 9.10. The molecule has 1 aliphatic rings. The summed E-state index contributed by atoms with van der Waals surface area (Å²) in [5.74, 6) is -1.26. The second kappa shape index (κ2) is 8.14. The van der Waals surface area contributed by atoms with Crippen molar-refractivity contribution in [2.75, 3.05) is 4.90 Å². The minimum absolute atomic E-state index is 0.0725. The SMILES string of the molecule is O=C(CC1(O)C(=O)N(Cc2ccc3ccccc3c2)c2ccc(Br)cc21)c1ccccc1O. The average molecular weight is 502 g/mol. The Morgan fingerprint density at radius 2 is 1.64 bits per heavy atom. The predicted molar refractivity (Wildman–Crippen MR) is 130 cm³/mol. The average Bonchev–Trinajstić information content (AvgIpc) is 3.00. The summed E-state index contributed by atoms with van der Waals surface area (Å²) in [6.07, 6.45) is -0.471. The quantitative estimate of drug-likeness (QED) is 0.363. The van der Waals surface area contributed by atoms with E-state index >= 15 is 0 Å². The van der Waals surface area contributed by atoms with Crippen molar-refractivity contribution in [3.63, 3.8) is 0 Å². The highest BCUT2D eigenvalue weighted by Gasteiger charge is 2.51. The van der Waals surface area contributed by atoms with Crippen LogP contribution in [0.15, 0.2) is 89.4 Å². The second-order valence-corrected chi connectivity index (χ2v) is 9.13. The van der Waals surface area contributed by atoms with E-state index in [0.717, 1.165) is 16.3 Å². The van der Waals surface area contributed by atoms with Crippen molar-refractivity contribution in [2.24, 2.45) is 0 Å². The number of halogens is 1. The summed E-state index contributed by atoms with van der Waals surface area (Å²) in [5, 5.41) is 23.8. The Balaban J connectivity index is 1.52. The summed E-state index contributed by atoms with van der Waals surface area (Å²) >= 11 is 3.41. The Hall–Kier alpha value is -3.48. The number of hydrogen-bond acceptors (Lipinski definition) is 4. The number of benzene rings is 4. The summed E-state index contributed by atoms with van der Waals surface area (Å²) in [5.41, 5.74) is -0.124. The number of anilines is 1. The van der Waals surface area contributed by atoms with Crippen LogP contribution in [0.2, 0.25) is 0 Å². The number of para-hydroxylation sites is 1. The Kier molecular flexibility index (Phi) is 5.27. The van der Waals surface area contributed by atoms with Crippen LogP contribution in [0, 0.1) is 0 Å². The van der Waals surface area contributed by atoms with Crippen molar-refractivity contribution in [1.82, 2.24) is 0 Å². The Morgan fingerprint density at radius 1 is 0.909 bits per heavy atom. The molecule has 0 spiro atoms. The molecule has 164 valence electrons. The lowest BCUT2D eigenvalue weighted by Gasteiger charge is -2.23. The van der Waals surface area contributed by atoms with E-state index in [0.29, 0.717) is 15.7 Å². The van der Waals surface area contributed by atoms with Gasteiger partial charge in [-0.1, -0.05) is 64.5 Å². The van der Waals surface area contributed by atoms with Gasteiger partial charge in [0.15, 0.2) is 11.4 Å². The highest BCUT2D eigenvalue weighted by atomic mass is 79.9. The van der Waals surface area contributed by atoms with Crippen LogP contribution in [-0.4, -0.2) is 21.9 Å². The molecule has 0 bridgehead atoms. The fourth-order valence-corrected chi connectivity index (χ4v) is 4.77. The van der Waals surface area contributed by atoms with Crippen LogP contribution >= 0.6 is 15.9 Å². The van der Waals surface area contributed by atoms with E-state index in [9.17, 15) is 19.8 Å². The van der Waals surface area contributed by atoms with Gasteiger partial charge in [-0.2, -0.15) is 0 Å².